The van der Waals surface area contributed by atoms with E-state index in [1.165, 1.54) is 13.1 Å². The number of carbonyl (C=O) groups excluding carboxylic acids is 1. The Bertz CT molecular complexity index is 653. The SMILES string of the molecule is [2H][C@@]1(C(=O)OC)O[C@@H](n2cc(C)c(=O)[nH]c2=O)C[C@H]1O. The normalized spacial score (nSPS) is 31.0. The first-order valence-electron chi connectivity index (χ1n) is 6.06. The summed E-state index contributed by atoms with van der Waals surface area (Å²) in [6.45, 7) is 1.49. The van der Waals surface area contributed by atoms with Gasteiger partial charge in [0.05, 0.1) is 14.6 Å². The van der Waals surface area contributed by atoms with E-state index in [0.717, 1.165) is 11.7 Å². The molecule has 0 amide bonds. The summed E-state index contributed by atoms with van der Waals surface area (Å²) in [6.07, 6.45) is -3.67. The molecule has 19 heavy (non-hydrogen) atoms. The van der Waals surface area contributed by atoms with Crippen molar-refractivity contribution in [3.05, 3.63) is 32.6 Å². The number of nitrogens with one attached hydrogen (secondary N) is 1. The molecule has 104 valence electrons. The van der Waals surface area contributed by atoms with Gasteiger partial charge < -0.3 is 14.6 Å². The van der Waals surface area contributed by atoms with Crippen LogP contribution in [0, 0.1) is 6.92 Å². The second-order valence-electron chi connectivity index (χ2n) is 4.16. The smallest absolute Gasteiger partial charge is 0.337 e. The van der Waals surface area contributed by atoms with Gasteiger partial charge in [0.1, 0.15) is 6.23 Å². The fourth-order valence-corrected chi connectivity index (χ4v) is 1.83. The Balaban J connectivity index is 2.39. The lowest BCUT2D eigenvalue weighted by Gasteiger charge is -2.14. The van der Waals surface area contributed by atoms with Gasteiger partial charge in [-0.3, -0.25) is 14.3 Å². The van der Waals surface area contributed by atoms with E-state index in [1.54, 1.807) is 0 Å². The number of aliphatic hydroxyl groups excluding tert-OH is 1. The average molecular weight is 271 g/mol. The van der Waals surface area contributed by atoms with Crippen LogP contribution in [0.25, 0.3) is 0 Å². The number of hydrogen-bond acceptors (Lipinski definition) is 6. The quantitative estimate of drug-likeness (QED) is 0.644. The van der Waals surface area contributed by atoms with E-state index in [2.05, 4.69) is 9.72 Å². The van der Waals surface area contributed by atoms with Crippen LogP contribution >= 0.6 is 0 Å². The second kappa shape index (κ2) is 4.98. The van der Waals surface area contributed by atoms with Crippen LogP contribution in [-0.2, 0) is 14.3 Å². The van der Waals surface area contributed by atoms with Gasteiger partial charge in [-0.05, 0) is 6.92 Å². The van der Waals surface area contributed by atoms with E-state index in [-0.39, 0.29) is 12.0 Å². The summed E-state index contributed by atoms with van der Waals surface area (Å²) < 4.78 is 18.4. The van der Waals surface area contributed by atoms with Crippen molar-refractivity contribution in [2.75, 3.05) is 7.11 Å². The molecule has 0 aliphatic carbocycles. The second-order valence-corrected chi connectivity index (χ2v) is 4.16. The number of methoxy groups -OCH3 is 1. The molecule has 3 atom stereocenters. The molecule has 1 aromatic heterocycles. The standard InChI is InChI=1S/C11H14N2O6/c1-5-4-13(11(17)12-9(5)15)7-3-6(14)8(19-7)10(16)18-2/h4,6-8,14H,3H2,1-2H3,(H,12,15,17)/t6-,7-,8-/m1/s1/i8D. The molecule has 0 bridgehead atoms. The van der Waals surface area contributed by atoms with Gasteiger partial charge in [0.25, 0.3) is 5.56 Å². The maximum absolute atomic E-state index is 11.7. The van der Waals surface area contributed by atoms with E-state index in [9.17, 15) is 19.5 Å². The number of hydrogen-bond donors (Lipinski definition) is 2. The molecule has 8 nitrogen and oxygen atoms in total. The molecule has 1 saturated heterocycles. The van der Waals surface area contributed by atoms with Gasteiger partial charge >= 0.3 is 11.7 Å². The summed E-state index contributed by atoms with van der Waals surface area (Å²) in [4.78, 5) is 36.6. The molecule has 1 aliphatic rings. The Morgan fingerprint density at radius 3 is 3.00 bits per heavy atom. The molecule has 2 heterocycles. The number of rotatable bonds is 2. The zero-order valence-corrected chi connectivity index (χ0v) is 10.4. The summed E-state index contributed by atoms with van der Waals surface area (Å²) in [6, 6.07) is 0. The lowest BCUT2D eigenvalue weighted by Crippen LogP contribution is -2.34. The first-order chi connectivity index (χ1) is 9.29. The third kappa shape index (κ3) is 2.45. The molecule has 1 aromatic rings. The largest absolute Gasteiger partial charge is 0.467 e. The number of aromatic nitrogens is 2. The van der Waals surface area contributed by atoms with Gasteiger partial charge in [0, 0.05) is 18.2 Å². The zero-order valence-electron chi connectivity index (χ0n) is 11.4. The first kappa shape index (κ1) is 12.1. The van der Waals surface area contributed by atoms with Gasteiger partial charge in [-0.1, -0.05) is 0 Å². The maximum Gasteiger partial charge on any atom is 0.337 e. The van der Waals surface area contributed by atoms with E-state index in [4.69, 9.17) is 6.11 Å². The number of aromatic amines is 1. The Hall–Kier alpha value is -1.93. The summed E-state index contributed by atoms with van der Waals surface area (Å²) in [7, 11) is 1.07. The fourth-order valence-electron chi connectivity index (χ4n) is 1.83. The predicted octanol–water partition coefficient (Wildman–Crippen LogP) is -1.33. The van der Waals surface area contributed by atoms with Crippen molar-refractivity contribution >= 4 is 5.97 Å². The lowest BCUT2D eigenvalue weighted by molar-refractivity contribution is -0.159. The van der Waals surface area contributed by atoms with Crippen LogP contribution in [0.2, 0.25) is 0 Å². The number of aryl methyl sites for hydroxylation is 1. The summed E-state index contributed by atoms with van der Waals surface area (Å²) in [5, 5.41) is 9.80. The van der Waals surface area contributed by atoms with Crippen molar-refractivity contribution in [2.24, 2.45) is 0 Å². The summed E-state index contributed by atoms with van der Waals surface area (Å²) >= 11 is 0. The minimum absolute atomic E-state index is 0.149. The fraction of sp³-hybridized carbons (Fsp3) is 0.545. The third-order valence-electron chi connectivity index (χ3n) is 2.83. The third-order valence-corrected chi connectivity index (χ3v) is 2.83. The molecular formula is C11H14N2O6. The number of H-pyrrole nitrogens is 1. The lowest BCUT2D eigenvalue weighted by atomic mass is 10.2. The van der Waals surface area contributed by atoms with Crippen molar-refractivity contribution in [1.82, 2.24) is 9.55 Å². The molecule has 0 aromatic carbocycles. The molecule has 2 N–H and O–H groups in total. The van der Waals surface area contributed by atoms with Crippen LogP contribution in [0.5, 0.6) is 0 Å². The van der Waals surface area contributed by atoms with Gasteiger partial charge in [0.2, 0.25) is 0 Å². The van der Waals surface area contributed by atoms with Crippen LogP contribution in [0.15, 0.2) is 15.8 Å². The van der Waals surface area contributed by atoms with E-state index < -0.39 is 35.6 Å². The van der Waals surface area contributed by atoms with Crippen molar-refractivity contribution in [3.8, 4) is 0 Å². The van der Waals surface area contributed by atoms with E-state index in [0.29, 0.717) is 0 Å². The van der Waals surface area contributed by atoms with Crippen molar-refractivity contribution in [3.63, 3.8) is 0 Å². The molecular weight excluding hydrogens is 256 g/mol. The van der Waals surface area contributed by atoms with Crippen LogP contribution in [0.1, 0.15) is 19.6 Å². The van der Waals surface area contributed by atoms with Gasteiger partial charge in [-0.2, -0.15) is 0 Å². The molecule has 1 aliphatic heterocycles. The van der Waals surface area contributed by atoms with Crippen molar-refractivity contribution in [1.29, 1.82) is 0 Å². The number of carbonyl (C=O) groups is 1. The van der Waals surface area contributed by atoms with Gasteiger partial charge in [0.15, 0.2) is 6.08 Å². The Kier molecular flexibility index (Phi) is 3.18. The van der Waals surface area contributed by atoms with Crippen molar-refractivity contribution < 1.29 is 20.7 Å². The highest BCUT2D eigenvalue weighted by Crippen LogP contribution is 2.28. The summed E-state index contributed by atoms with van der Waals surface area (Å²) in [5.74, 6) is -1.05. The molecule has 0 unspecified atom stereocenters. The van der Waals surface area contributed by atoms with Crippen LogP contribution < -0.4 is 11.2 Å². The highest BCUT2D eigenvalue weighted by Gasteiger charge is 2.40. The van der Waals surface area contributed by atoms with E-state index >= 15 is 0 Å². The average Bonchev–Trinajstić information content (AvgIpc) is 2.70. The van der Waals surface area contributed by atoms with Gasteiger partial charge in [-0.15, -0.1) is 0 Å². The number of nitrogens with zero attached hydrogens (tertiary/aromatic N) is 1. The van der Waals surface area contributed by atoms with Crippen LogP contribution in [0.3, 0.4) is 0 Å². The van der Waals surface area contributed by atoms with E-state index in [1.807, 2.05) is 0 Å². The Morgan fingerprint density at radius 1 is 1.68 bits per heavy atom. The van der Waals surface area contributed by atoms with Crippen LogP contribution in [0.4, 0.5) is 0 Å². The molecule has 0 radical (unpaired) electrons. The first-order valence-corrected chi connectivity index (χ1v) is 5.56. The monoisotopic (exact) mass is 271 g/mol. The molecule has 1 fully saturated rings. The molecule has 0 saturated carbocycles. The topological polar surface area (TPSA) is 111 Å². The zero-order chi connectivity index (χ0) is 15.1. The molecule has 8 heteroatoms. The summed E-state index contributed by atoms with van der Waals surface area (Å²) in [5.41, 5.74) is -1.01. The minimum Gasteiger partial charge on any atom is -0.467 e. The molecule has 0 spiro atoms. The predicted molar refractivity (Wildman–Crippen MR) is 62.6 cm³/mol. The Morgan fingerprint density at radius 2 is 2.37 bits per heavy atom. The van der Waals surface area contributed by atoms with Crippen LogP contribution in [-0.4, -0.2) is 39.9 Å². The van der Waals surface area contributed by atoms with Crippen molar-refractivity contribution in [2.45, 2.75) is 31.8 Å². The number of ether oxygens (including phenoxy) is 2. The number of aliphatic hydroxyl groups is 1. The van der Waals surface area contributed by atoms with Gasteiger partial charge in [-0.25, -0.2) is 9.59 Å². The molecule has 2 rings (SSSR count). The number of esters is 1. The highest BCUT2D eigenvalue weighted by molar-refractivity contribution is 5.75. The Labute approximate surface area is 109 Å². The minimum atomic E-state index is -2.29. The highest BCUT2D eigenvalue weighted by atomic mass is 16.6. The maximum atomic E-state index is 11.7.